The number of nitrogens with zero attached hydrogens (tertiary/aromatic N) is 4. The molecule has 0 aliphatic carbocycles. The van der Waals surface area contributed by atoms with Crippen molar-refractivity contribution in [2.75, 3.05) is 5.73 Å². The molecule has 0 unspecified atom stereocenters. The van der Waals surface area contributed by atoms with Crippen LogP contribution in [0.25, 0.3) is 16.9 Å². The highest BCUT2D eigenvalue weighted by Crippen LogP contribution is 2.26. The second-order valence-electron chi connectivity index (χ2n) is 4.48. The Morgan fingerprint density at radius 1 is 1.25 bits per heavy atom. The summed E-state index contributed by atoms with van der Waals surface area (Å²) in [6, 6.07) is 3.61. The van der Waals surface area contributed by atoms with Crippen molar-refractivity contribution in [2.24, 2.45) is 0 Å². The minimum atomic E-state index is -0.928. The highest BCUT2D eigenvalue weighted by atomic mass is 19.2. The first-order valence-corrected chi connectivity index (χ1v) is 6.19. The maximum atomic E-state index is 13.4. The maximum absolute atomic E-state index is 13.4. The molecule has 1 aromatic carbocycles. The number of hydrogen-bond acceptors (Lipinski definition) is 3. The van der Waals surface area contributed by atoms with E-state index in [9.17, 15) is 8.78 Å². The zero-order chi connectivity index (χ0) is 14.4. The molecule has 2 N–H and O–H groups in total. The minimum Gasteiger partial charge on any atom is -0.369 e. The van der Waals surface area contributed by atoms with Crippen molar-refractivity contribution in [3.05, 3.63) is 35.5 Å². The quantitative estimate of drug-likeness (QED) is 0.782. The number of aryl methyl sites for hydroxylation is 2. The molecule has 0 saturated heterocycles. The molecule has 0 amide bonds. The smallest absolute Gasteiger partial charge is 0.207 e. The van der Waals surface area contributed by atoms with Gasteiger partial charge in [0, 0.05) is 12.6 Å². The average Bonchev–Trinajstić information content (AvgIpc) is 2.90. The number of fused-ring (bicyclic) bond motifs is 1. The Bertz CT molecular complexity index is 803. The molecule has 2 heterocycles. The van der Waals surface area contributed by atoms with E-state index in [1.165, 1.54) is 6.07 Å². The van der Waals surface area contributed by atoms with Crippen LogP contribution in [0, 0.1) is 18.6 Å². The van der Waals surface area contributed by atoms with Gasteiger partial charge in [-0.3, -0.25) is 4.57 Å². The van der Waals surface area contributed by atoms with Gasteiger partial charge in [-0.05, 0) is 26.0 Å². The van der Waals surface area contributed by atoms with Gasteiger partial charge in [0.15, 0.2) is 17.3 Å². The lowest BCUT2D eigenvalue weighted by Gasteiger charge is -2.08. The number of imidazole rings is 1. The van der Waals surface area contributed by atoms with E-state index in [0.29, 0.717) is 23.4 Å². The molecule has 0 saturated carbocycles. The summed E-state index contributed by atoms with van der Waals surface area (Å²) in [5.74, 6) is -1.61. The van der Waals surface area contributed by atoms with Gasteiger partial charge in [0.25, 0.3) is 0 Å². The van der Waals surface area contributed by atoms with Gasteiger partial charge in [0.1, 0.15) is 5.52 Å². The summed E-state index contributed by atoms with van der Waals surface area (Å²) >= 11 is 0. The van der Waals surface area contributed by atoms with E-state index in [1.54, 1.807) is 9.25 Å². The molecule has 5 nitrogen and oxygen atoms in total. The molecule has 0 fully saturated rings. The second-order valence-corrected chi connectivity index (χ2v) is 4.48. The molecule has 0 atom stereocenters. The first-order valence-electron chi connectivity index (χ1n) is 6.19. The predicted octanol–water partition coefficient (Wildman–Crippen LogP) is 2.41. The van der Waals surface area contributed by atoms with Crippen molar-refractivity contribution in [1.29, 1.82) is 0 Å². The Hall–Kier alpha value is -2.44. The second kappa shape index (κ2) is 4.29. The van der Waals surface area contributed by atoms with E-state index in [1.807, 2.05) is 13.8 Å². The number of benzene rings is 1. The third-order valence-corrected chi connectivity index (χ3v) is 3.20. The van der Waals surface area contributed by atoms with Crippen molar-refractivity contribution in [2.45, 2.75) is 20.4 Å². The normalized spacial score (nSPS) is 11.4. The number of anilines is 1. The van der Waals surface area contributed by atoms with Crippen molar-refractivity contribution in [1.82, 2.24) is 19.3 Å². The monoisotopic (exact) mass is 277 g/mol. The lowest BCUT2D eigenvalue weighted by molar-refractivity contribution is 0.508. The first-order chi connectivity index (χ1) is 9.52. The Morgan fingerprint density at radius 2 is 2.00 bits per heavy atom. The Labute approximate surface area is 113 Å². The Kier molecular flexibility index (Phi) is 2.70. The average molecular weight is 277 g/mol. The van der Waals surface area contributed by atoms with Crippen LogP contribution in [0.3, 0.4) is 0 Å². The summed E-state index contributed by atoms with van der Waals surface area (Å²) in [6.45, 7) is 4.39. The van der Waals surface area contributed by atoms with Crippen LogP contribution < -0.4 is 5.73 Å². The van der Waals surface area contributed by atoms with Crippen LogP contribution in [0.5, 0.6) is 0 Å². The van der Waals surface area contributed by atoms with Crippen molar-refractivity contribution in [3.63, 3.8) is 0 Å². The molecule has 104 valence electrons. The van der Waals surface area contributed by atoms with Gasteiger partial charge >= 0.3 is 0 Å². The van der Waals surface area contributed by atoms with Crippen LogP contribution in [-0.4, -0.2) is 19.3 Å². The van der Waals surface area contributed by atoms with Gasteiger partial charge in [-0.15, -0.1) is 0 Å². The third kappa shape index (κ3) is 1.66. The van der Waals surface area contributed by atoms with Gasteiger partial charge in [0.05, 0.1) is 11.4 Å². The molecular formula is C13H13F2N5. The van der Waals surface area contributed by atoms with Crippen LogP contribution in [0.15, 0.2) is 18.2 Å². The highest BCUT2D eigenvalue weighted by Gasteiger charge is 2.18. The molecule has 0 radical (unpaired) electrons. The van der Waals surface area contributed by atoms with Gasteiger partial charge in [-0.1, -0.05) is 0 Å². The van der Waals surface area contributed by atoms with Gasteiger partial charge in [0.2, 0.25) is 5.95 Å². The number of nitrogens with two attached hydrogens (primary N) is 1. The van der Waals surface area contributed by atoms with E-state index in [4.69, 9.17) is 5.73 Å². The molecule has 0 bridgehead atoms. The standard InChI is InChI=1S/C13H13F2N5/c1-3-19-12-11(7(2)18-19)17-13(16)20(12)8-4-5-9(14)10(15)6-8/h4-6H,3H2,1-2H3,(H2,16,17). The zero-order valence-electron chi connectivity index (χ0n) is 11.1. The molecule has 0 aliphatic rings. The van der Waals surface area contributed by atoms with Crippen LogP contribution in [0.1, 0.15) is 12.6 Å². The summed E-state index contributed by atoms with van der Waals surface area (Å²) in [4.78, 5) is 4.25. The molecule has 20 heavy (non-hydrogen) atoms. The van der Waals surface area contributed by atoms with E-state index in [-0.39, 0.29) is 5.95 Å². The summed E-state index contributed by atoms with van der Waals surface area (Å²) < 4.78 is 29.8. The molecular weight excluding hydrogens is 264 g/mol. The topological polar surface area (TPSA) is 61.7 Å². The van der Waals surface area contributed by atoms with E-state index in [0.717, 1.165) is 17.8 Å². The number of aromatic nitrogens is 4. The molecule has 2 aromatic heterocycles. The summed E-state index contributed by atoms with van der Waals surface area (Å²) in [5, 5.41) is 4.35. The van der Waals surface area contributed by atoms with Crippen LogP contribution in [0.4, 0.5) is 14.7 Å². The molecule has 0 spiro atoms. The fourth-order valence-corrected chi connectivity index (χ4v) is 2.28. The highest BCUT2D eigenvalue weighted by molar-refractivity contribution is 5.80. The lowest BCUT2D eigenvalue weighted by atomic mass is 10.3. The van der Waals surface area contributed by atoms with Crippen LogP contribution in [-0.2, 0) is 6.54 Å². The summed E-state index contributed by atoms with van der Waals surface area (Å²) in [6.07, 6.45) is 0. The fraction of sp³-hybridized carbons (Fsp3) is 0.231. The number of nitrogen functional groups attached to an aromatic ring is 1. The Morgan fingerprint density at radius 3 is 2.65 bits per heavy atom. The largest absolute Gasteiger partial charge is 0.369 e. The minimum absolute atomic E-state index is 0.216. The van der Waals surface area contributed by atoms with Gasteiger partial charge < -0.3 is 5.73 Å². The maximum Gasteiger partial charge on any atom is 0.207 e. The van der Waals surface area contributed by atoms with E-state index in [2.05, 4.69) is 10.1 Å². The van der Waals surface area contributed by atoms with E-state index >= 15 is 0 Å². The van der Waals surface area contributed by atoms with Crippen LogP contribution in [0.2, 0.25) is 0 Å². The molecule has 7 heteroatoms. The molecule has 3 rings (SSSR count). The van der Waals surface area contributed by atoms with Crippen molar-refractivity contribution >= 4 is 17.1 Å². The molecule has 0 aliphatic heterocycles. The van der Waals surface area contributed by atoms with Gasteiger partial charge in [-0.2, -0.15) is 5.10 Å². The SMILES string of the molecule is CCn1nc(C)c2nc(N)n(-c3ccc(F)c(F)c3)c21. The number of hydrogen-bond donors (Lipinski definition) is 1. The van der Waals surface area contributed by atoms with E-state index < -0.39 is 11.6 Å². The summed E-state index contributed by atoms with van der Waals surface area (Å²) in [5.41, 5.74) is 8.40. The van der Waals surface area contributed by atoms with Crippen molar-refractivity contribution < 1.29 is 8.78 Å². The van der Waals surface area contributed by atoms with Crippen molar-refractivity contribution in [3.8, 4) is 5.69 Å². The molecule has 3 aromatic rings. The predicted molar refractivity (Wildman–Crippen MR) is 71.6 cm³/mol. The first kappa shape index (κ1) is 12.6. The number of rotatable bonds is 2. The van der Waals surface area contributed by atoms with Crippen LogP contribution >= 0.6 is 0 Å². The number of halogens is 2. The lowest BCUT2D eigenvalue weighted by Crippen LogP contribution is -2.07. The summed E-state index contributed by atoms with van der Waals surface area (Å²) in [7, 11) is 0. The fourth-order valence-electron chi connectivity index (χ4n) is 2.28. The Balaban J connectivity index is 2.34. The zero-order valence-corrected chi connectivity index (χ0v) is 11.1. The third-order valence-electron chi connectivity index (χ3n) is 3.20. The van der Waals surface area contributed by atoms with Gasteiger partial charge in [-0.25, -0.2) is 18.4 Å².